The lowest BCUT2D eigenvalue weighted by molar-refractivity contribution is 0.0636. The Morgan fingerprint density at radius 2 is 1.67 bits per heavy atom. The third kappa shape index (κ3) is 5.01. The van der Waals surface area contributed by atoms with E-state index in [1.165, 1.54) is 12.1 Å². The second-order valence-electron chi connectivity index (χ2n) is 6.05. The van der Waals surface area contributed by atoms with E-state index in [2.05, 4.69) is 5.32 Å². The molecule has 1 amide bonds. The quantitative estimate of drug-likeness (QED) is 0.861. The predicted molar refractivity (Wildman–Crippen MR) is 89.8 cm³/mol. The first-order chi connectivity index (χ1) is 11.2. The number of amides is 1. The van der Waals surface area contributed by atoms with Crippen molar-refractivity contribution in [2.45, 2.75) is 26.4 Å². The normalized spacial score (nSPS) is 10.8. The molecule has 0 heterocycles. The molecule has 0 aromatic heterocycles. The van der Waals surface area contributed by atoms with E-state index < -0.39 is 17.7 Å². The highest BCUT2D eigenvalue weighted by Gasteiger charge is 2.19. The van der Waals surface area contributed by atoms with Crippen LogP contribution in [0.5, 0.6) is 11.5 Å². The van der Waals surface area contributed by atoms with Gasteiger partial charge in [-0.1, -0.05) is 18.2 Å². The predicted octanol–water partition coefficient (Wildman–Crippen LogP) is 4.52. The third-order valence-corrected chi connectivity index (χ3v) is 2.84. The topological polar surface area (TPSA) is 84.9 Å². The standard InChI is InChI=1S/C18H19NO5/c1-18(2,3)24-17(22)19-15-10-9-13(11-14(15)16(20)21)23-12-7-5-4-6-8-12/h4-11H,1-3H3,(H,19,22)(H,20,21). The maximum absolute atomic E-state index is 11.8. The van der Waals surface area contributed by atoms with Crippen molar-refractivity contribution in [2.75, 3.05) is 5.32 Å². The Bertz CT molecular complexity index is 735. The summed E-state index contributed by atoms with van der Waals surface area (Å²) in [4.78, 5) is 23.3. The van der Waals surface area contributed by atoms with Crippen molar-refractivity contribution in [3.8, 4) is 11.5 Å². The van der Waals surface area contributed by atoms with Crippen molar-refractivity contribution < 1.29 is 24.2 Å². The Morgan fingerprint density at radius 1 is 1.00 bits per heavy atom. The lowest BCUT2D eigenvalue weighted by Gasteiger charge is -2.20. The van der Waals surface area contributed by atoms with E-state index in [9.17, 15) is 14.7 Å². The molecular formula is C18H19NO5. The molecule has 0 unspecified atom stereocenters. The molecule has 2 aromatic rings. The van der Waals surface area contributed by atoms with Gasteiger partial charge in [0.1, 0.15) is 17.1 Å². The zero-order valence-corrected chi connectivity index (χ0v) is 13.7. The molecule has 0 aliphatic carbocycles. The highest BCUT2D eigenvalue weighted by Crippen LogP contribution is 2.27. The number of hydrogen-bond acceptors (Lipinski definition) is 4. The number of hydrogen-bond donors (Lipinski definition) is 2. The summed E-state index contributed by atoms with van der Waals surface area (Å²) >= 11 is 0. The molecule has 0 atom stereocenters. The number of carboxylic acid groups (broad SMARTS) is 1. The minimum Gasteiger partial charge on any atom is -0.478 e. The second kappa shape index (κ2) is 7.04. The fourth-order valence-corrected chi connectivity index (χ4v) is 1.91. The minimum absolute atomic E-state index is 0.0886. The van der Waals surface area contributed by atoms with Gasteiger partial charge in [0.05, 0.1) is 11.3 Å². The zero-order valence-electron chi connectivity index (χ0n) is 13.7. The highest BCUT2D eigenvalue weighted by molar-refractivity contribution is 5.99. The molecule has 2 aromatic carbocycles. The van der Waals surface area contributed by atoms with Crippen LogP contribution < -0.4 is 10.1 Å². The van der Waals surface area contributed by atoms with Gasteiger partial charge in [0.25, 0.3) is 0 Å². The summed E-state index contributed by atoms with van der Waals surface area (Å²) < 4.78 is 10.7. The van der Waals surface area contributed by atoms with Crippen LogP contribution in [0.2, 0.25) is 0 Å². The Kier molecular flexibility index (Phi) is 5.08. The number of anilines is 1. The van der Waals surface area contributed by atoms with Crippen molar-refractivity contribution in [3.05, 3.63) is 54.1 Å². The Labute approximate surface area is 140 Å². The van der Waals surface area contributed by atoms with Gasteiger partial charge in [-0.05, 0) is 51.1 Å². The molecule has 0 aliphatic rings. The summed E-state index contributed by atoms with van der Waals surface area (Å²) in [5.41, 5.74) is -0.629. The average Bonchev–Trinajstić information content (AvgIpc) is 2.47. The molecule has 0 aliphatic heterocycles. The van der Waals surface area contributed by atoms with Crippen molar-refractivity contribution in [1.29, 1.82) is 0 Å². The number of carbonyl (C=O) groups excluding carboxylic acids is 1. The van der Waals surface area contributed by atoms with Crippen LogP contribution in [0.25, 0.3) is 0 Å². The molecule has 6 heteroatoms. The molecule has 2 rings (SSSR count). The van der Waals surface area contributed by atoms with Gasteiger partial charge in [-0.25, -0.2) is 9.59 Å². The maximum Gasteiger partial charge on any atom is 0.412 e. The maximum atomic E-state index is 11.8. The first-order valence-corrected chi connectivity index (χ1v) is 7.35. The van der Waals surface area contributed by atoms with Gasteiger partial charge < -0.3 is 14.6 Å². The fraction of sp³-hybridized carbons (Fsp3) is 0.222. The van der Waals surface area contributed by atoms with Crippen molar-refractivity contribution in [1.82, 2.24) is 0 Å². The lowest BCUT2D eigenvalue weighted by Crippen LogP contribution is -2.27. The summed E-state index contributed by atoms with van der Waals surface area (Å²) in [6.07, 6.45) is -0.721. The van der Waals surface area contributed by atoms with Gasteiger partial charge in [0.15, 0.2) is 0 Å². The number of aromatic carboxylic acids is 1. The molecule has 6 nitrogen and oxygen atoms in total. The van der Waals surface area contributed by atoms with E-state index in [0.29, 0.717) is 11.5 Å². The average molecular weight is 329 g/mol. The zero-order chi connectivity index (χ0) is 17.7. The van der Waals surface area contributed by atoms with Crippen LogP contribution in [0.1, 0.15) is 31.1 Å². The Balaban J connectivity index is 2.21. The van der Waals surface area contributed by atoms with E-state index in [1.54, 1.807) is 39.0 Å². The van der Waals surface area contributed by atoms with Crippen LogP contribution in [0, 0.1) is 0 Å². The first kappa shape index (κ1) is 17.3. The van der Waals surface area contributed by atoms with Crippen molar-refractivity contribution >= 4 is 17.7 Å². The molecule has 126 valence electrons. The number of carboxylic acids is 1. The Hall–Kier alpha value is -3.02. The lowest BCUT2D eigenvalue weighted by atomic mass is 10.1. The van der Waals surface area contributed by atoms with Gasteiger partial charge >= 0.3 is 12.1 Å². The summed E-state index contributed by atoms with van der Waals surface area (Å²) in [5, 5.41) is 11.8. The van der Waals surface area contributed by atoms with E-state index in [0.717, 1.165) is 0 Å². The largest absolute Gasteiger partial charge is 0.478 e. The molecule has 0 spiro atoms. The molecule has 0 bridgehead atoms. The van der Waals surface area contributed by atoms with E-state index >= 15 is 0 Å². The van der Waals surface area contributed by atoms with E-state index in [4.69, 9.17) is 9.47 Å². The van der Waals surface area contributed by atoms with Gasteiger partial charge in [-0.15, -0.1) is 0 Å². The summed E-state index contributed by atoms with van der Waals surface area (Å²) in [7, 11) is 0. The third-order valence-electron chi connectivity index (χ3n) is 2.84. The number of benzene rings is 2. The number of carbonyl (C=O) groups is 2. The fourth-order valence-electron chi connectivity index (χ4n) is 1.91. The number of rotatable bonds is 4. The van der Waals surface area contributed by atoms with Crippen LogP contribution in [0.15, 0.2) is 48.5 Å². The highest BCUT2D eigenvalue weighted by atomic mass is 16.6. The van der Waals surface area contributed by atoms with Gasteiger partial charge in [0.2, 0.25) is 0 Å². The number of nitrogens with one attached hydrogen (secondary N) is 1. The molecule has 0 radical (unpaired) electrons. The van der Waals surface area contributed by atoms with Crippen molar-refractivity contribution in [2.24, 2.45) is 0 Å². The van der Waals surface area contributed by atoms with Crippen molar-refractivity contribution in [3.63, 3.8) is 0 Å². The van der Waals surface area contributed by atoms with E-state index in [-0.39, 0.29) is 11.3 Å². The van der Waals surface area contributed by atoms with Gasteiger partial charge in [-0.3, -0.25) is 5.32 Å². The summed E-state index contributed by atoms with van der Waals surface area (Å²) in [5.74, 6) is -0.241. The monoisotopic (exact) mass is 329 g/mol. The molecule has 0 fully saturated rings. The van der Waals surface area contributed by atoms with Crippen LogP contribution in [-0.4, -0.2) is 22.8 Å². The Morgan fingerprint density at radius 3 is 2.25 bits per heavy atom. The molecule has 0 saturated heterocycles. The van der Waals surface area contributed by atoms with Crippen LogP contribution in [0.4, 0.5) is 10.5 Å². The first-order valence-electron chi connectivity index (χ1n) is 7.35. The smallest absolute Gasteiger partial charge is 0.412 e. The van der Waals surface area contributed by atoms with Crippen LogP contribution >= 0.6 is 0 Å². The number of para-hydroxylation sites is 1. The summed E-state index contributed by atoms with van der Waals surface area (Å²) in [6.45, 7) is 5.17. The number of ether oxygens (including phenoxy) is 2. The second-order valence-corrected chi connectivity index (χ2v) is 6.05. The van der Waals surface area contributed by atoms with E-state index in [1.807, 2.05) is 18.2 Å². The minimum atomic E-state index is -1.18. The molecular weight excluding hydrogens is 310 g/mol. The molecule has 0 saturated carbocycles. The SMILES string of the molecule is CC(C)(C)OC(=O)Nc1ccc(Oc2ccccc2)cc1C(=O)O. The summed E-state index contributed by atoms with van der Waals surface area (Å²) in [6, 6.07) is 13.4. The van der Waals surface area contributed by atoms with Crippen LogP contribution in [0.3, 0.4) is 0 Å². The van der Waals surface area contributed by atoms with Crippen LogP contribution in [-0.2, 0) is 4.74 Å². The van der Waals surface area contributed by atoms with Gasteiger partial charge in [0, 0.05) is 0 Å². The van der Waals surface area contributed by atoms with Gasteiger partial charge in [-0.2, -0.15) is 0 Å². The molecule has 2 N–H and O–H groups in total. The molecule has 24 heavy (non-hydrogen) atoms.